The summed E-state index contributed by atoms with van der Waals surface area (Å²) in [5.74, 6) is -1.36. The third-order valence-corrected chi connectivity index (χ3v) is 9.27. The van der Waals surface area contributed by atoms with Crippen LogP contribution in [0.4, 0.5) is 0 Å². The van der Waals surface area contributed by atoms with E-state index in [1.54, 1.807) is 4.90 Å². The van der Waals surface area contributed by atoms with Crippen LogP contribution in [0.2, 0.25) is 0 Å². The molecule has 0 radical (unpaired) electrons. The molecule has 2 rings (SSSR count). The van der Waals surface area contributed by atoms with Crippen LogP contribution in [0, 0.1) is 0 Å². The Morgan fingerprint density at radius 1 is 0.676 bits per heavy atom. The molecule has 4 N–H and O–H groups in total. The Hall–Kier alpha value is -1.77. The second-order valence-electron chi connectivity index (χ2n) is 8.20. The van der Waals surface area contributed by atoms with Gasteiger partial charge in [-0.1, -0.05) is 0 Å². The first-order chi connectivity index (χ1) is 17.4. The maximum Gasteiger partial charge on any atom is 0.268 e. The van der Waals surface area contributed by atoms with Crippen LogP contribution in [0.5, 0.6) is 0 Å². The van der Waals surface area contributed by atoms with Crippen LogP contribution in [-0.4, -0.2) is 70.3 Å². The monoisotopic (exact) mass is 769 g/mol. The lowest BCUT2D eigenvalue weighted by Crippen LogP contribution is -2.34. The van der Waals surface area contributed by atoms with Crippen molar-refractivity contribution in [3.05, 3.63) is 40.7 Å². The maximum atomic E-state index is 12.5. The number of aromatic nitrogens is 2. The second-order valence-corrected chi connectivity index (χ2v) is 11.4. The topological polar surface area (TPSA) is 144 Å². The number of unbranched alkanes of at least 4 members (excludes halogenated alkanes) is 1. The Kier molecular flexibility index (Phi) is 12.2. The largest absolute Gasteiger partial charge is 0.351 e. The van der Waals surface area contributed by atoms with Crippen molar-refractivity contribution >= 4 is 93.0 Å². The van der Waals surface area contributed by atoms with Crippen molar-refractivity contribution in [1.82, 2.24) is 25.5 Å². The summed E-state index contributed by atoms with van der Waals surface area (Å²) in [6.45, 7) is 5.91. The third kappa shape index (κ3) is 8.36. The van der Waals surface area contributed by atoms with E-state index in [4.69, 9.17) is 0 Å². The van der Waals surface area contributed by atoms with E-state index in [0.717, 1.165) is 0 Å². The van der Waals surface area contributed by atoms with Crippen molar-refractivity contribution in [3.8, 4) is 0 Å². The van der Waals surface area contributed by atoms with Gasteiger partial charge in [-0.3, -0.25) is 24.0 Å². The molecule has 202 valence electrons. The molecule has 0 aromatic carbocycles. The first-order valence-electron chi connectivity index (χ1n) is 11.3. The molecule has 0 spiro atoms. The number of halogens is 4. The van der Waals surface area contributed by atoms with E-state index < -0.39 is 5.91 Å². The van der Waals surface area contributed by atoms with Crippen molar-refractivity contribution in [1.29, 1.82) is 0 Å². The van der Waals surface area contributed by atoms with Crippen LogP contribution in [0.25, 0.3) is 0 Å². The number of carbonyl (C=O) groups excluding carboxylic acids is 5. The van der Waals surface area contributed by atoms with Gasteiger partial charge in [0.15, 0.2) is 11.6 Å². The predicted octanol–water partition coefficient (Wildman–Crippen LogP) is 4.98. The fourth-order valence-electron chi connectivity index (χ4n) is 3.60. The zero-order valence-corrected chi connectivity index (χ0v) is 26.8. The van der Waals surface area contributed by atoms with Crippen LogP contribution in [0.3, 0.4) is 0 Å². The van der Waals surface area contributed by atoms with Crippen molar-refractivity contribution in [2.24, 2.45) is 0 Å². The van der Waals surface area contributed by atoms with Gasteiger partial charge in [0, 0.05) is 33.1 Å². The molecule has 0 aliphatic carbocycles. The number of carbonyl (C=O) groups is 5. The number of hydrogen-bond acceptors (Lipinski definition) is 5. The molecule has 0 saturated carbocycles. The highest BCUT2D eigenvalue weighted by molar-refractivity contribution is 9.13. The summed E-state index contributed by atoms with van der Waals surface area (Å²) in [5.41, 5.74) is 0.920. The van der Waals surface area contributed by atoms with E-state index in [0.29, 0.717) is 63.6 Å². The summed E-state index contributed by atoms with van der Waals surface area (Å²) < 4.78 is 2.03. The standard InChI is InChI=1S/C23H27Br4N5O5/c1-11(33)14-16(24)20(26)30-18(14)22(36)28-7-4-5-9-32(13(3)35)10-6-8-29-23(37)19-15(12(2)34)17(25)21(27)31-19/h30-31H,4-10H2,1-3H3,(H,28,36)(H,29,37). The number of nitrogens with zero attached hydrogens (tertiary/aromatic N) is 1. The molecule has 0 aliphatic heterocycles. The van der Waals surface area contributed by atoms with Gasteiger partial charge in [-0.15, -0.1) is 0 Å². The van der Waals surface area contributed by atoms with Crippen molar-refractivity contribution < 1.29 is 24.0 Å². The van der Waals surface area contributed by atoms with Gasteiger partial charge < -0.3 is 25.5 Å². The van der Waals surface area contributed by atoms with E-state index in [9.17, 15) is 24.0 Å². The normalized spacial score (nSPS) is 10.8. The van der Waals surface area contributed by atoms with Crippen LogP contribution < -0.4 is 10.6 Å². The second kappa shape index (κ2) is 14.4. The number of aromatic amines is 2. The van der Waals surface area contributed by atoms with Gasteiger partial charge in [-0.2, -0.15) is 0 Å². The number of nitrogens with one attached hydrogen (secondary N) is 4. The number of hydrogen-bond donors (Lipinski definition) is 4. The van der Waals surface area contributed by atoms with Gasteiger partial charge in [-0.25, -0.2) is 0 Å². The zero-order valence-electron chi connectivity index (χ0n) is 20.5. The quantitative estimate of drug-likeness (QED) is 0.168. The maximum absolute atomic E-state index is 12.5. The van der Waals surface area contributed by atoms with Crippen LogP contribution in [-0.2, 0) is 4.79 Å². The van der Waals surface area contributed by atoms with Crippen LogP contribution in [0.15, 0.2) is 18.2 Å². The molecule has 10 nitrogen and oxygen atoms in total. The third-order valence-electron chi connectivity index (χ3n) is 5.43. The van der Waals surface area contributed by atoms with Gasteiger partial charge >= 0.3 is 0 Å². The van der Waals surface area contributed by atoms with Crippen LogP contribution >= 0.6 is 63.7 Å². The van der Waals surface area contributed by atoms with E-state index in [2.05, 4.69) is 84.3 Å². The van der Waals surface area contributed by atoms with Gasteiger partial charge in [0.25, 0.3) is 11.8 Å². The molecule has 0 atom stereocenters. The Balaban J connectivity index is 1.76. The summed E-state index contributed by atoms with van der Waals surface area (Å²) in [5, 5.41) is 5.56. The Labute approximate surface area is 248 Å². The van der Waals surface area contributed by atoms with Crippen LogP contribution in [0.1, 0.15) is 81.7 Å². The summed E-state index contributed by atoms with van der Waals surface area (Å²) in [7, 11) is 0. The molecule has 0 aliphatic rings. The lowest BCUT2D eigenvalue weighted by molar-refractivity contribution is -0.129. The molecule has 2 aromatic heterocycles. The molecule has 14 heteroatoms. The zero-order chi connectivity index (χ0) is 27.9. The number of ketones is 2. The van der Waals surface area contributed by atoms with E-state index in [1.807, 2.05) is 0 Å². The Morgan fingerprint density at radius 2 is 1.08 bits per heavy atom. The first-order valence-corrected chi connectivity index (χ1v) is 14.5. The van der Waals surface area contributed by atoms with E-state index >= 15 is 0 Å². The highest BCUT2D eigenvalue weighted by Gasteiger charge is 2.24. The van der Waals surface area contributed by atoms with Gasteiger partial charge in [-0.05, 0) is 96.8 Å². The highest BCUT2D eigenvalue weighted by atomic mass is 79.9. The van der Waals surface area contributed by atoms with Gasteiger partial charge in [0.2, 0.25) is 5.91 Å². The lowest BCUT2D eigenvalue weighted by Gasteiger charge is -2.21. The summed E-state index contributed by atoms with van der Waals surface area (Å²) in [6.07, 6.45) is 1.83. The summed E-state index contributed by atoms with van der Waals surface area (Å²) >= 11 is 13.1. The van der Waals surface area contributed by atoms with Crippen molar-refractivity contribution in [2.75, 3.05) is 26.2 Å². The van der Waals surface area contributed by atoms with E-state index in [-0.39, 0.29) is 45.9 Å². The number of amides is 3. The fourth-order valence-corrected chi connectivity index (χ4v) is 5.55. The predicted molar refractivity (Wildman–Crippen MR) is 153 cm³/mol. The molecular formula is C23H27Br4N5O5. The number of rotatable bonds is 13. The molecule has 0 fully saturated rings. The fraction of sp³-hybridized carbons (Fsp3) is 0.435. The molecular weight excluding hydrogens is 746 g/mol. The molecule has 3 amide bonds. The molecule has 2 heterocycles. The van der Waals surface area contributed by atoms with Gasteiger partial charge in [0.1, 0.15) is 11.4 Å². The average Bonchev–Trinajstić information content (AvgIpc) is 3.29. The smallest absolute Gasteiger partial charge is 0.268 e. The molecule has 2 aromatic rings. The molecule has 0 bridgehead atoms. The summed E-state index contributed by atoms with van der Waals surface area (Å²) in [4.78, 5) is 68.2. The number of Topliss-reactive ketones (excluding diaryl/α,β-unsaturated/α-hetero) is 2. The highest BCUT2D eigenvalue weighted by Crippen LogP contribution is 2.30. The minimum atomic E-state index is -0.407. The SMILES string of the molecule is CC(=O)c1c(C(=O)NCCCCN(CCCNC(=O)c2[nH]c(Br)c(Br)c2C(C)=O)C(C)=O)[nH]c(Br)c1Br. The van der Waals surface area contributed by atoms with Gasteiger partial charge in [0.05, 0.1) is 29.3 Å². The minimum absolute atomic E-state index is 0.0846. The molecule has 37 heavy (non-hydrogen) atoms. The average molecular weight is 773 g/mol. The van der Waals surface area contributed by atoms with Crippen molar-refractivity contribution in [3.63, 3.8) is 0 Å². The molecule has 0 unspecified atom stereocenters. The number of H-pyrrole nitrogens is 2. The lowest BCUT2D eigenvalue weighted by atomic mass is 10.1. The Bertz CT molecular complexity index is 1210. The summed E-state index contributed by atoms with van der Waals surface area (Å²) in [6, 6.07) is 0. The van der Waals surface area contributed by atoms with E-state index in [1.165, 1.54) is 20.8 Å². The Morgan fingerprint density at radius 3 is 1.49 bits per heavy atom. The minimum Gasteiger partial charge on any atom is -0.351 e. The molecule has 0 saturated heterocycles. The van der Waals surface area contributed by atoms with Crippen molar-refractivity contribution in [2.45, 2.75) is 40.0 Å². The first kappa shape index (κ1) is 31.4.